The quantitative estimate of drug-likeness (QED) is 0.466. The van der Waals surface area contributed by atoms with Crippen LogP contribution < -0.4 is 5.32 Å². The van der Waals surface area contributed by atoms with E-state index in [-0.39, 0.29) is 5.91 Å². The Bertz CT molecular complexity index is 1090. The summed E-state index contributed by atoms with van der Waals surface area (Å²) in [5, 5.41) is 3.00. The Labute approximate surface area is 172 Å². The standard InChI is InChI=1S/C23H20BrN3O/c24-19-12-10-18(11-13-19)23(28)25-16-22-26-20-8-4-5-9-21(20)27(22)15-14-17-6-2-1-3-7-17/h1-13H,14-16H2,(H,25,28). The van der Waals surface area contributed by atoms with Crippen LogP contribution in [0.1, 0.15) is 21.7 Å². The molecule has 5 heteroatoms. The van der Waals surface area contributed by atoms with Crippen molar-refractivity contribution >= 4 is 32.9 Å². The van der Waals surface area contributed by atoms with E-state index in [9.17, 15) is 4.79 Å². The van der Waals surface area contributed by atoms with E-state index in [1.807, 2.05) is 36.4 Å². The summed E-state index contributed by atoms with van der Waals surface area (Å²) in [6.07, 6.45) is 0.912. The molecule has 0 fully saturated rings. The topological polar surface area (TPSA) is 46.9 Å². The van der Waals surface area contributed by atoms with Gasteiger partial charge in [0.1, 0.15) is 5.82 Å². The van der Waals surface area contributed by atoms with Gasteiger partial charge in [0, 0.05) is 16.6 Å². The highest BCUT2D eigenvalue weighted by atomic mass is 79.9. The second kappa shape index (κ2) is 8.40. The third kappa shape index (κ3) is 4.15. The lowest BCUT2D eigenvalue weighted by Crippen LogP contribution is -2.25. The number of imidazole rings is 1. The number of nitrogens with one attached hydrogen (secondary N) is 1. The zero-order valence-corrected chi connectivity index (χ0v) is 16.9. The van der Waals surface area contributed by atoms with Crippen LogP contribution in [0.4, 0.5) is 0 Å². The fraction of sp³-hybridized carbons (Fsp3) is 0.130. The van der Waals surface area contributed by atoms with Crippen molar-refractivity contribution in [3.63, 3.8) is 0 Å². The fourth-order valence-electron chi connectivity index (χ4n) is 3.26. The smallest absolute Gasteiger partial charge is 0.251 e. The monoisotopic (exact) mass is 433 g/mol. The third-order valence-electron chi connectivity index (χ3n) is 4.71. The minimum atomic E-state index is -0.103. The summed E-state index contributed by atoms with van der Waals surface area (Å²) >= 11 is 3.39. The van der Waals surface area contributed by atoms with Crippen LogP contribution in [0.5, 0.6) is 0 Å². The first kappa shape index (κ1) is 18.4. The highest BCUT2D eigenvalue weighted by molar-refractivity contribution is 9.10. The number of hydrogen-bond donors (Lipinski definition) is 1. The maximum absolute atomic E-state index is 12.5. The van der Waals surface area contributed by atoms with Gasteiger partial charge in [-0.05, 0) is 48.4 Å². The molecule has 0 spiro atoms. The Balaban J connectivity index is 1.54. The molecule has 140 valence electrons. The van der Waals surface area contributed by atoms with Crippen LogP contribution in [0.2, 0.25) is 0 Å². The number of amides is 1. The lowest BCUT2D eigenvalue weighted by atomic mass is 10.1. The second-order valence-electron chi connectivity index (χ2n) is 6.59. The van der Waals surface area contributed by atoms with Crippen LogP contribution in [0.3, 0.4) is 0 Å². The Morgan fingerprint density at radius 3 is 2.43 bits per heavy atom. The molecule has 0 saturated carbocycles. The van der Waals surface area contributed by atoms with E-state index in [2.05, 4.69) is 56.1 Å². The van der Waals surface area contributed by atoms with Gasteiger partial charge in [0.25, 0.3) is 5.91 Å². The number of aryl methyl sites for hydroxylation is 2. The number of aromatic nitrogens is 2. The highest BCUT2D eigenvalue weighted by Crippen LogP contribution is 2.17. The molecule has 0 aliphatic rings. The third-order valence-corrected chi connectivity index (χ3v) is 5.24. The summed E-state index contributed by atoms with van der Waals surface area (Å²) in [5.74, 6) is 0.761. The Morgan fingerprint density at radius 2 is 1.64 bits per heavy atom. The van der Waals surface area contributed by atoms with Gasteiger partial charge in [-0.25, -0.2) is 4.98 Å². The van der Waals surface area contributed by atoms with Crippen LogP contribution in [0.15, 0.2) is 83.3 Å². The number of fused-ring (bicyclic) bond motifs is 1. The zero-order chi connectivity index (χ0) is 19.3. The molecule has 28 heavy (non-hydrogen) atoms. The van der Waals surface area contributed by atoms with Gasteiger partial charge in [0.15, 0.2) is 0 Å². The largest absolute Gasteiger partial charge is 0.345 e. The molecule has 0 aliphatic heterocycles. The van der Waals surface area contributed by atoms with Gasteiger partial charge in [0.05, 0.1) is 17.6 Å². The molecule has 0 atom stereocenters. The van der Waals surface area contributed by atoms with Crippen molar-refractivity contribution in [1.29, 1.82) is 0 Å². The number of rotatable bonds is 6. The Morgan fingerprint density at radius 1 is 0.929 bits per heavy atom. The lowest BCUT2D eigenvalue weighted by molar-refractivity contribution is 0.0949. The minimum absolute atomic E-state index is 0.103. The molecule has 3 aromatic carbocycles. The van der Waals surface area contributed by atoms with Crippen LogP contribution in [-0.4, -0.2) is 15.5 Å². The van der Waals surface area contributed by atoms with Crippen LogP contribution in [0, 0.1) is 0 Å². The number of benzene rings is 3. The molecular formula is C23H20BrN3O. The number of hydrogen-bond acceptors (Lipinski definition) is 2. The molecule has 0 saturated heterocycles. The van der Waals surface area contributed by atoms with Crippen molar-refractivity contribution in [3.8, 4) is 0 Å². The average Bonchev–Trinajstić information content (AvgIpc) is 3.09. The first-order chi connectivity index (χ1) is 13.7. The van der Waals surface area contributed by atoms with E-state index in [0.29, 0.717) is 12.1 Å². The summed E-state index contributed by atoms with van der Waals surface area (Å²) in [4.78, 5) is 17.2. The number of carbonyl (C=O) groups excluding carboxylic acids is 1. The molecule has 0 radical (unpaired) electrons. The Kier molecular flexibility index (Phi) is 5.53. The van der Waals surface area contributed by atoms with E-state index >= 15 is 0 Å². The van der Waals surface area contributed by atoms with Crippen molar-refractivity contribution in [3.05, 3.63) is 100 Å². The predicted octanol–water partition coefficient (Wildman–Crippen LogP) is 4.97. The average molecular weight is 434 g/mol. The second-order valence-corrected chi connectivity index (χ2v) is 7.51. The molecule has 4 aromatic rings. The summed E-state index contributed by atoms with van der Waals surface area (Å²) in [7, 11) is 0. The van der Waals surface area contributed by atoms with Crippen LogP contribution in [0.25, 0.3) is 11.0 Å². The summed E-state index contributed by atoms with van der Waals surface area (Å²) in [5.41, 5.74) is 3.95. The fourth-order valence-corrected chi connectivity index (χ4v) is 3.52. The number of carbonyl (C=O) groups is 1. The normalized spacial score (nSPS) is 10.9. The lowest BCUT2D eigenvalue weighted by Gasteiger charge is -2.11. The van der Waals surface area contributed by atoms with Crippen molar-refractivity contribution in [2.75, 3.05) is 0 Å². The van der Waals surface area contributed by atoms with Crippen molar-refractivity contribution in [2.45, 2.75) is 19.5 Å². The van der Waals surface area contributed by atoms with E-state index in [1.54, 1.807) is 12.1 Å². The molecule has 0 bridgehead atoms. The molecule has 0 aliphatic carbocycles. The van der Waals surface area contributed by atoms with Gasteiger partial charge in [0.2, 0.25) is 0 Å². The molecule has 0 unspecified atom stereocenters. The van der Waals surface area contributed by atoms with Crippen molar-refractivity contribution in [1.82, 2.24) is 14.9 Å². The van der Waals surface area contributed by atoms with E-state index in [1.165, 1.54) is 5.56 Å². The van der Waals surface area contributed by atoms with Crippen molar-refractivity contribution in [2.24, 2.45) is 0 Å². The number of para-hydroxylation sites is 2. The first-order valence-electron chi connectivity index (χ1n) is 9.22. The summed E-state index contributed by atoms with van der Waals surface area (Å²) < 4.78 is 3.15. The Hall–Kier alpha value is -2.92. The number of nitrogens with zero attached hydrogens (tertiary/aromatic N) is 2. The van der Waals surface area contributed by atoms with Gasteiger partial charge >= 0.3 is 0 Å². The van der Waals surface area contributed by atoms with E-state index in [0.717, 1.165) is 34.3 Å². The molecule has 1 N–H and O–H groups in total. The van der Waals surface area contributed by atoms with Gasteiger partial charge in [-0.1, -0.05) is 58.4 Å². The SMILES string of the molecule is O=C(NCc1nc2ccccc2n1CCc1ccccc1)c1ccc(Br)cc1. The molecule has 4 rings (SSSR count). The molecular weight excluding hydrogens is 414 g/mol. The molecule has 1 aromatic heterocycles. The highest BCUT2D eigenvalue weighted by Gasteiger charge is 2.12. The summed E-state index contributed by atoms with van der Waals surface area (Å²) in [6, 6.07) is 25.8. The maximum Gasteiger partial charge on any atom is 0.251 e. The van der Waals surface area contributed by atoms with E-state index < -0.39 is 0 Å². The molecule has 1 heterocycles. The number of halogens is 1. The zero-order valence-electron chi connectivity index (χ0n) is 15.3. The maximum atomic E-state index is 12.5. The van der Waals surface area contributed by atoms with Crippen LogP contribution >= 0.6 is 15.9 Å². The van der Waals surface area contributed by atoms with Gasteiger partial charge in [-0.2, -0.15) is 0 Å². The molecule has 1 amide bonds. The van der Waals surface area contributed by atoms with Crippen LogP contribution in [-0.2, 0) is 19.5 Å². The molecule has 4 nitrogen and oxygen atoms in total. The van der Waals surface area contributed by atoms with Crippen molar-refractivity contribution < 1.29 is 4.79 Å². The predicted molar refractivity (Wildman–Crippen MR) is 115 cm³/mol. The van der Waals surface area contributed by atoms with Gasteiger partial charge in [-0.3, -0.25) is 4.79 Å². The van der Waals surface area contributed by atoms with E-state index in [4.69, 9.17) is 4.98 Å². The van der Waals surface area contributed by atoms with Gasteiger partial charge < -0.3 is 9.88 Å². The van der Waals surface area contributed by atoms with Gasteiger partial charge in [-0.15, -0.1) is 0 Å². The minimum Gasteiger partial charge on any atom is -0.345 e. The first-order valence-corrected chi connectivity index (χ1v) is 10.0. The summed E-state index contributed by atoms with van der Waals surface area (Å²) in [6.45, 7) is 1.20.